The second-order valence-electron chi connectivity index (χ2n) is 6.54. The van der Waals surface area contributed by atoms with E-state index in [4.69, 9.17) is 4.74 Å². The Hall–Kier alpha value is -2.08. The molecule has 4 rings (SSSR count). The third kappa shape index (κ3) is 3.11. The topological polar surface area (TPSA) is 45.7 Å². The molecule has 0 aromatic carbocycles. The second kappa shape index (κ2) is 7.04. The first-order chi connectivity index (χ1) is 12.3. The zero-order valence-electron chi connectivity index (χ0n) is 14.5. The molecule has 132 valence electrons. The van der Waals surface area contributed by atoms with Gasteiger partial charge in [-0.25, -0.2) is 4.98 Å². The number of rotatable bonds is 3. The molecule has 1 fully saturated rings. The van der Waals surface area contributed by atoms with Gasteiger partial charge in [0.25, 0.3) is 5.91 Å². The summed E-state index contributed by atoms with van der Waals surface area (Å²) < 4.78 is 5.63. The van der Waals surface area contributed by atoms with Crippen LogP contribution >= 0.6 is 11.3 Å². The van der Waals surface area contributed by atoms with E-state index >= 15 is 0 Å². The maximum atomic E-state index is 13.1. The summed E-state index contributed by atoms with van der Waals surface area (Å²) in [5.41, 5.74) is 1.27. The number of ether oxygens (including phenoxy) is 1. The summed E-state index contributed by atoms with van der Waals surface area (Å²) in [6.45, 7) is 3.08. The summed E-state index contributed by atoms with van der Waals surface area (Å²) in [4.78, 5) is 23.8. The quantitative estimate of drug-likeness (QED) is 0.847. The van der Waals surface area contributed by atoms with Gasteiger partial charge in [-0.15, -0.1) is 11.3 Å². The van der Waals surface area contributed by atoms with Crippen LogP contribution in [-0.4, -0.2) is 49.1 Å². The van der Waals surface area contributed by atoms with Crippen LogP contribution in [-0.2, 0) is 12.8 Å². The van der Waals surface area contributed by atoms with E-state index in [1.54, 1.807) is 18.4 Å². The minimum absolute atomic E-state index is 0.122. The van der Waals surface area contributed by atoms with Crippen molar-refractivity contribution < 1.29 is 9.53 Å². The number of carbonyl (C=O) groups is 1. The highest BCUT2D eigenvalue weighted by molar-refractivity contribution is 7.14. The molecule has 5 nitrogen and oxygen atoms in total. The van der Waals surface area contributed by atoms with Gasteiger partial charge in [-0.1, -0.05) is 6.07 Å². The first kappa shape index (κ1) is 16.4. The average molecular weight is 357 g/mol. The highest BCUT2D eigenvalue weighted by Crippen LogP contribution is 2.40. The number of anilines is 1. The van der Waals surface area contributed by atoms with Crippen molar-refractivity contribution in [3.05, 3.63) is 39.7 Å². The van der Waals surface area contributed by atoms with Gasteiger partial charge in [0.05, 0.1) is 7.11 Å². The minimum Gasteiger partial charge on any atom is -0.495 e. The van der Waals surface area contributed by atoms with Gasteiger partial charge in [-0.2, -0.15) is 0 Å². The average Bonchev–Trinajstić information content (AvgIpc) is 3.07. The fourth-order valence-corrected chi connectivity index (χ4v) is 5.04. The van der Waals surface area contributed by atoms with Gasteiger partial charge in [0, 0.05) is 42.8 Å². The molecule has 0 radical (unpaired) electrons. The number of amides is 1. The minimum atomic E-state index is 0.122. The van der Waals surface area contributed by atoms with Crippen molar-refractivity contribution in [2.24, 2.45) is 0 Å². The lowest BCUT2D eigenvalue weighted by molar-refractivity contribution is 0.0748. The zero-order chi connectivity index (χ0) is 17.2. The van der Waals surface area contributed by atoms with E-state index in [2.05, 4.69) is 9.88 Å². The Morgan fingerprint density at radius 2 is 1.96 bits per heavy atom. The van der Waals surface area contributed by atoms with E-state index in [-0.39, 0.29) is 5.91 Å². The SMILES string of the molecule is COc1c(C(=O)N2CCN(c3ccccn3)CC2)sc2c1CCCC2. The normalized spacial score (nSPS) is 17.3. The number of hydrogen-bond donors (Lipinski definition) is 0. The summed E-state index contributed by atoms with van der Waals surface area (Å²) in [6, 6.07) is 5.95. The molecule has 0 unspecified atom stereocenters. The van der Waals surface area contributed by atoms with E-state index < -0.39 is 0 Å². The lowest BCUT2D eigenvalue weighted by Gasteiger charge is -2.35. The fraction of sp³-hybridized carbons (Fsp3) is 0.474. The summed E-state index contributed by atoms with van der Waals surface area (Å²) in [7, 11) is 1.69. The van der Waals surface area contributed by atoms with Crippen LogP contribution in [0.1, 0.15) is 33.0 Å². The zero-order valence-corrected chi connectivity index (χ0v) is 15.3. The number of fused-ring (bicyclic) bond motifs is 1. The molecule has 1 saturated heterocycles. The van der Waals surface area contributed by atoms with Gasteiger partial charge >= 0.3 is 0 Å². The van der Waals surface area contributed by atoms with E-state index in [9.17, 15) is 4.79 Å². The number of aromatic nitrogens is 1. The summed E-state index contributed by atoms with van der Waals surface area (Å²) in [5, 5.41) is 0. The van der Waals surface area contributed by atoms with Crippen molar-refractivity contribution >= 4 is 23.1 Å². The van der Waals surface area contributed by atoms with Crippen LogP contribution in [0.25, 0.3) is 0 Å². The van der Waals surface area contributed by atoms with Crippen molar-refractivity contribution in [1.82, 2.24) is 9.88 Å². The van der Waals surface area contributed by atoms with Gasteiger partial charge in [-0.05, 0) is 37.8 Å². The smallest absolute Gasteiger partial charge is 0.267 e. The Bertz CT molecular complexity index is 752. The summed E-state index contributed by atoms with van der Waals surface area (Å²) >= 11 is 1.64. The lowest BCUT2D eigenvalue weighted by Crippen LogP contribution is -2.48. The van der Waals surface area contributed by atoms with Crippen molar-refractivity contribution in [3.8, 4) is 5.75 Å². The molecule has 0 saturated carbocycles. The Morgan fingerprint density at radius 3 is 2.68 bits per heavy atom. The van der Waals surface area contributed by atoms with Gasteiger partial charge in [0.15, 0.2) is 0 Å². The van der Waals surface area contributed by atoms with Gasteiger partial charge in [0.1, 0.15) is 16.4 Å². The van der Waals surface area contributed by atoms with Gasteiger partial charge in [0.2, 0.25) is 0 Å². The van der Waals surface area contributed by atoms with Gasteiger partial charge in [-0.3, -0.25) is 4.79 Å². The highest BCUT2D eigenvalue weighted by Gasteiger charge is 2.30. The molecule has 25 heavy (non-hydrogen) atoms. The summed E-state index contributed by atoms with van der Waals surface area (Å²) in [5.74, 6) is 1.94. The van der Waals surface area contributed by atoms with Crippen molar-refractivity contribution in [1.29, 1.82) is 0 Å². The third-order valence-corrected chi connectivity index (χ3v) is 6.32. The second-order valence-corrected chi connectivity index (χ2v) is 7.65. The Kier molecular flexibility index (Phi) is 4.61. The fourth-order valence-electron chi connectivity index (χ4n) is 3.72. The third-order valence-electron chi connectivity index (χ3n) is 5.06. The van der Waals surface area contributed by atoms with E-state index in [1.807, 2.05) is 29.3 Å². The van der Waals surface area contributed by atoms with Crippen LogP contribution in [0.5, 0.6) is 5.75 Å². The molecule has 2 aromatic heterocycles. The molecule has 1 amide bonds. The van der Waals surface area contributed by atoms with Crippen LogP contribution in [0, 0.1) is 0 Å². The standard InChI is InChI=1S/C19H23N3O2S/c1-24-17-14-6-2-3-7-15(14)25-18(17)19(23)22-12-10-21(11-13-22)16-8-4-5-9-20-16/h4-5,8-9H,2-3,6-7,10-13H2,1H3. The first-order valence-electron chi connectivity index (χ1n) is 8.91. The molecule has 2 aromatic rings. The van der Waals surface area contributed by atoms with Crippen molar-refractivity contribution in [3.63, 3.8) is 0 Å². The van der Waals surface area contributed by atoms with Crippen LogP contribution in [0.3, 0.4) is 0 Å². The summed E-state index contributed by atoms with van der Waals surface area (Å²) in [6.07, 6.45) is 6.34. The molecule has 6 heteroatoms. The highest BCUT2D eigenvalue weighted by atomic mass is 32.1. The van der Waals surface area contributed by atoms with Crippen LogP contribution in [0.15, 0.2) is 24.4 Å². The van der Waals surface area contributed by atoms with Crippen LogP contribution in [0.4, 0.5) is 5.82 Å². The molecule has 0 atom stereocenters. The molecule has 2 aliphatic rings. The van der Waals surface area contributed by atoms with Crippen LogP contribution < -0.4 is 9.64 Å². The number of methoxy groups -OCH3 is 1. The van der Waals surface area contributed by atoms with Crippen molar-refractivity contribution in [2.45, 2.75) is 25.7 Å². The molecule has 3 heterocycles. The number of hydrogen-bond acceptors (Lipinski definition) is 5. The predicted octanol–water partition coefficient (Wildman–Crippen LogP) is 2.99. The molecule has 1 aliphatic heterocycles. The van der Waals surface area contributed by atoms with Crippen molar-refractivity contribution in [2.75, 3.05) is 38.2 Å². The molecule has 0 bridgehead atoms. The first-order valence-corrected chi connectivity index (χ1v) is 9.73. The number of pyridine rings is 1. The Balaban J connectivity index is 1.48. The number of piperazine rings is 1. The van der Waals surface area contributed by atoms with Crippen LogP contribution in [0.2, 0.25) is 0 Å². The Labute approximate surface area is 152 Å². The number of nitrogens with zero attached hydrogens (tertiary/aromatic N) is 3. The molecule has 0 N–H and O–H groups in total. The maximum absolute atomic E-state index is 13.1. The Morgan fingerprint density at radius 1 is 1.16 bits per heavy atom. The van der Waals surface area contributed by atoms with E-state index in [0.29, 0.717) is 0 Å². The maximum Gasteiger partial charge on any atom is 0.267 e. The molecular weight excluding hydrogens is 334 g/mol. The van der Waals surface area contributed by atoms with E-state index in [0.717, 1.165) is 55.5 Å². The number of carbonyl (C=O) groups excluding carboxylic acids is 1. The molecule has 1 aliphatic carbocycles. The largest absolute Gasteiger partial charge is 0.495 e. The number of aryl methyl sites for hydroxylation is 1. The predicted molar refractivity (Wildman–Crippen MR) is 99.9 cm³/mol. The molecular formula is C19H23N3O2S. The monoisotopic (exact) mass is 357 g/mol. The van der Waals surface area contributed by atoms with Gasteiger partial charge < -0.3 is 14.5 Å². The van der Waals surface area contributed by atoms with E-state index in [1.165, 1.54) is 23.3 Å². The molecule has 0 spiro atoms. The number of thiophene rings is 1. The lowest BCUT2D eigenvalue weighted by atomic mass is 9.98.